The number of phenols is 1. The van der Waals surface area contributed by atoms with Gasteiger partial charge in [-0.05, 0) is 17.7 Å². The van der Waals surface area contributed by atoms with Crippen LogP contribution in [0.3, 0.4) is 0 Å². The van der Waals surface area contributed by atoms with Gasteiger partial charge in [0.15, 0.2) is 0 Å². The average molecular weight is 382 g/mol. The van der Waals surface area contributed by atoms with E-state index in [0.29, 0.717) is 5.56 Å². The molecule has 27 heavy (non-hydrogen) atoms. The summed E-state index contributed by atoms with van der Waals surface area (Å²) in [5.74, 6) is -3.53. The number of phenolic OH excluding ortho intramolecular Hbond substituents is 1. The summed E-state index contributed by atoms with van der Waals surface area (Å²) in [6, 6.07) is 3.05. The Kier molecular flexibility index (Phi) is 8.69. The molecule has 3 amide bonds. The van der Waals surface area contributed by atoms with Crippen molar-refractivity contribution >= 4 is 23.7 Å². The summed E-state index contributed by atoms with van der Waals surface area (Å²) in [5, 5.41) is 34.4. The lowest BCUT2D eigenvalue weighted by Crippen LogP contribution is -2.55. The maximum Gasteiger partial charge on any atom is 0.326 e. The van der Waals surface area contributed by atoms with E-state index in [4.69, 9.17) is 5.73 Å². The maximum atomic E-state index is 12.2. The highest BCUT2D eigenvalue weighted by Crippen LogP contribution is 2.11. The van der Waals surface area contributed by atoms with E-state index in [1.165, 1.54) is 24.3 Å². The summed E-state index contributed by atoms with van der Waals surface area (Å²) in [4.78, 5) is 46.2. The fourth-order valence-electron chi connectivity index (χ4n) is 2.03. The molecule has 11 nitrogen and oxygen atoms in total. The van der Waals surface area contributed by atoms with E-state index in [-0.39, 0.29) is 18.7 Å². The number of carboxylic acids is 1. The Hall–Kier alpha value is -3.18. The van der Waals surface area contributed by atoms with Crippen molar-refractivity contribution in [1.82, 2.24) is 16.0 Å². The molecule has 1 aromatic carbocycles. The zero-order valence-electron chi connectivity index (χ0n) is 14.3. The van der Waals surface area contributed by atoms with Crippen LogP contribution in [0.1, 0.15) is 5.56 Å². The molecule has 0 aliphatic rings. The molecule has 2 atom stereocenters. The van der Waals surface area contributed by atoms with E-state index in [9.17, 15) is 34.5 Å². The first-order chi connectivity index (χ1) is 12.8. The lowest BCUT2D eigenvalue weighted by Gasteiger charge is -2.20. The smallest absolute Gasteiger partial charge is 0.326 e. The summed E-state index contributed by atoms with van der Waals surface area (Å²) in [5.41, 5.74) is 5.62. The molecule has 11 heteroatoms. The van der Waals surface area contributed by atoms with Crippen molar-refractivity contribution in [1.29, 1.82) is 0 Å². The second kappa shape index (κ2) is 10.7. The average Bonchev–Trinajstić information content (AvgIpc) is 2.64. The number of aliphatic carboxylic acids is 1. The predicted octanol–water partition coefficient (Wildman–Crippen LogP) is -2.94. The molecule has 0 aliphatic carbocycles. The Labute approximate surface area is 154 Å². The van der Waals surface area contributed by atoms with Crippen LogP contribution in [0, 0.1) is 0 Å². The Bertz CT molecular complexity index is 678. The predicted molar refractivity (Wildman–Crippen MR) is 92.5 cm³/mol. The number of nitrogens with two attached hydrogens (primary N) is 1. The number of hydrogen-bond acceptors (Lipinski definition) is 7. The van der Waals surface area contributed by atoms with Crippen molar-refractivity contribution in [2.45, 2.75) is 18.5 Å². The summed E-state index contributed by atoms with van der Waals surface area (Å²) in [7, 11) is 0. The van der Waals surface area contributed by atoms with Crippen LogP contribution in [-0.4, -0.2) is 70.8 Å². The van der Waals surface area contributed by atoms with Gasteiger partial charge in [0, 0.05) is 6.42 Å². The highest BCUT2D eigenvalue weighted by Gasteiger charge is 2.26. The number of aromatic hydroxyl groups is 1. The largest absolute Gasteiger partial charge is 0.508 e. The Morgan fingerprint density at radius 3 is 2.15 bits per heavy atom. The third-order valence-corrected chi connectivity index (χ3v) is 3.46. The molecule has 148 valence electrons. The van der Waals surface area contributed by atoms with Gasteiger partial charge in [-0.25, -0.2) is 4.79 Å². The van der Waals surface area contributed by atoms with Crippen molar-refractivity contribution in [2.24, 2.45) is 5.73 Å². The maximum absolute atomic E-state index is 12.2. The van der Waals surface area contributed by atoms with Crippen molar-refractivity contribution in [3.05, 3.63) is 29.8 Å². The van der Waals surface area contributed by atoms with Gasteiger partial charge in [-0.1, -0.05) is 12.1 Å². The molecule has 0 saturated heterocycles. The quantitative estimate of drug-likeness (QED) is 0.223. The number of amides is 3. The summed E-state index contributed by atoms with van der Waals surface area (Å²) in [6.45, 7) is -1.53. The minimum absolute atomic E-state index is 0.0134. The van der Waals surface area contributed by atoms with Crippen LogP contribution in [0.4, 0.5) is 0 Å². The SMILES string of the molecule is NCC(=O)NCC(=O)NC(CO)C(=O)NC(Cc1ccc(O)cc1)C(=O)O. The number of carbonyl (C=O) groups excluding carboxylic acids is 3. The third-order valence-electron chi connectivity index (χ3n) is 3.46. The van der Waals surface area contributed by atoms with Gasteiger partial charge in [-0.3, -0.25) is 14.4 Å². The van der Waals surface area contributed by atoms with E-state index in [2.05, 4.69) is 16.0 Å². The molecule has 0 aliphatic heterocycles. The number of nitrogens with one attached hydrogen (secondary N) is 3. The van der Waals surface area contributed by atoms with Gasteiger partial charge in [0.05, 0.1) is 19.7 Å². The minimum Gasteiger partial charge on any atom is -0.508 e. The van der Waals surface area contributed by atoms with Gasteiger partial charge in [-0.2, -0.15) is 0 Å². The number of aliphatic hydroxyl groups excluding tert-OH is 1. The summed E-state index contributed by atoms with van der Waals surface area (Å²) >= 11 is 0. The topological polar surface area (TPSA) is 191 Å². The van der Waals surface area contributed by atoms with Crippen LogP contribution in [-0.2, 0) is 25.6 Å². The van der Waals surface area contributed by atoms with Gasteiger partial charge in [0.2, 0.25) is 17.7 Å². The van der Waals surface area contributed by atoms with Crippen molar-refractivity contribution in [2.75, 3.05) is 19.7 Å². The molecule has 0 spiro atoms. The molecule has 8 N–H and O–H groups in total. The molecule has 0 radical (unpaired) electrons. The molecular weight excluding hydrogens is 360 g/mol. The van der Waals surface area contributed by atoms with Crippen LogP contribution >= 0.6 is 0 Å². The third kappa shape index (κ3) is 7.71. The lowest BCUT2D eigenvalue weighted by molar-refractivity contribution is -0.142. The molecule has 1 rings (SSSR count). The highest BCUT2D eigenvalue weighted by molar-refractivity contribution is 5.92. The van der Waals surface area contributed by atoms with Crippen LogP contribution in [0.5, 0.6) is 5.75 Å². The molecule has 0 aromatic heterocycles. The Balaban J connectivity index is 2.66. The van der Waals surface area contributed by atoms with Crippen molar-refractivity contribution < 1.29 is 34.5 Å². The van der Waals surface area contributed by atoms with E-state index in [1.807, 2.05) is 0 Å². The standard InChI is InChI=1S/C16H22N4O7/c17-6-13(23)18-7-14(24)19-12(8-21)15(25)20-11(16(26)27)5-9-1-3-10(22)4-2-9/h1-4,11-12,21-22H,5-8,17H2,(H,18,23)(H,19,24)(H,20,25)(H,26,27). The van der Waals surface area contributed by atoms with Gasteiger partial charge in [-0.15, -0.1) is 0 Å². The first-order valence-electron chi connectivity index (χ1n) is 7.94. The first kappa shape index (κ1) is 21.9. The molecule has 1 aromatic rings. The first-order valence-corrected chi connectivity index (χ1v) is 7.94. The number of rotatable bonds is 10. The van der Waals surface area contributed by atoms with Crippen LogP contribution in [0.25, 0.3) is 0 Å². The number of aliphatic hydroxyl groups is 1. The zero-order chi connectivity index (χ0) is 20.4. The Morgan fingerprint density at radius 2 is 1.63 bits per heavy atom. The summed E-state index contributed by atoms with van der Waals surface area (Å²) < 4.78 is 0. The van der Waals surface area contributed by atoms with E-state index < -0.39 is 48.9 Å². The van der Waals surface area contributed by atoms with Crippen LogP contribution in [0.15, 0.2) is 24.3 Å². The highest BCUT2D eigenvalue weighted by atomic mass is 16.4. The van der Waals surface area contributed by atoms with Gasteiger partial charge in [0.1, 0.15) is 17.8 Å². The normalized spacial score (nSPS) is 12.5. The second-order valence-electron chi connectivity index (χ2n) is 5.55. The second-order valence-corrected chi connectivity index (χ2v) is 5.55. The Morgan fingerprint density at radius 1 is 1.00 bits per heavy atom. The molecule has 0 heterocycles. The van der Waals surface area contributed by atoms with Gasteiger partial charge < -0.3 is 37.0 Å². The monoisotopic (exact) mass is 382 g/mol. The van der Waals surface area contributed by atoms with E-state index in [1.54, 1.807) is 0 Å². The lowest BCUT2D eigenvalue weighted by atomic mass is 10.1. The number of carbonyl (C=O) groups is 4. The molecule has 0 saturated carbocycles. The fourth-order valence-corrected chi connectivity index (χ4v) is 2.03. The van der Waals surface area contributed by atoms with E-state index >= 15 is 0 Å². The number of carboxylic acid groups (broad SMARTS) is 1. The fraction of sp³-hybridized carbons (Fsp3) is 0.375. The van der Waals surface area contributed by atoms with Gasteiger partial charge >= 0.3 is 5.97 Å². The molecule has 0 bridgehead atoms. The zero-order valence-corrected chi connectivity index (χ0v) is 14.3. The number of hydrogen-bond donors (Lipinski definition) is 7. The number of benzene rings is 1. The van der Waals surface area contributed by atoms with Crippen molar-refractivity contribution in [3.63, 3.8) is 0 Å². The molecular formula is C16H22N4O7. The van der Waals surface area contributed by atoms with Crippen molar-refractivity contribution in [3.8, 4) is 5.75 Å². The summed E-state index contributed by atoms with van der Waals surface area (Å²) in [6.07, 6.45) is -0.0694. The molecule has 0 fully saturated rings. The van der Waals surface area contributed by atoms with Gasteiger partial charge in [0.25, 0.3) is 0 Å². The van der Waals surface area contributed by atoms with Crippen LogP contribution in [0.2, 0.25) is 0 Å². The minimum atomic E-state index is -1.39. The van der Waals surface area contributed by atoms with Crippen LogP contribution < -0.4 is 21.7 Å². The van der Waals surface area contributed by atoms with E-state index in [0.717, 1.165) is 0 Å². The molecule has 2 unspecified atom stereocenters.